The van der Waals surface area contributed by atoms with Gasteiger partial charge in [-0.2, -0.15) is 0 Å². The first-order valence-corrected chi connectivity index (χ1v) is 11.2. The van der Waals surface area contributed by atoms with Crippen LogP contribution in [0.5, 0.6) is 0 Å². The molecule has 1 heterocycles. The van der Waals surface area contributed by atoms with Crippen LogP contribution >= 0.6 is 0 Å². The molecule has 0 unspecified atom stereocenters. The SMILES string of the molecule is [2H]c1c([2H])c([2H])c2c(c1[2H])-c1ccc(-c3nccc4c3ccc3c5ccccc5ccc43)cc1C2(C)C. The van der Waals surface area contributed by atoms with Gasteiger partial charge in [0.15, 0.2) is 0 Å². The number of pyridine rings is 1. The third-order valence-corrected chi connectivity index (χ3v) is 7.22. The van der Waals surface area contributed by atoms with E-state index in [-0.39, 0.29) is 24.2 Å². The van der Waals surface area contributed by atoms with Crippen LogP contribution in [0.2, 0.25) is 0 Å². The van der Waals surface area contributed by atoms with Gasteiger partial charge in [0.25, 0.3) is 0 Å². The van der Waals surface area contributed by atoms with Crippen LogP contribution in [0.1, 0.15) is 30.5 Å². The molecule has 0 radical (unpaired) electrons. The lowest BCUT2D eigenvalue weighted by Crippen LogP contribution is -2.14. The number of hydrogen-bond acceptors (Lipinski definition) is 1. The van der Waals surface area contributed by atoms with Gasteiger partial charge in [-0.3, -0.25) is 4.98 Å². The third-order valence-electron chi connectivity index (χ3n) is 7.22. The summed E-state index contributed by atoms with van der Waals surface area (Å²) in [5.41, 5.74) is 4.44. The summed E-state index contributed by atoms with van der Waals surface area (Å²) in [6.45, 7) is 4.08. The molecule has 1 aliphatic carbocycles. The van der Waals surface area contributed by atoms with Crippen molar-refractivity contribution in [2.24, 2.45) is 0 Å². The van der Waals surface area contributed by atoms with Gasteiger partial charge in [-0.25, -0.2) is 0 Å². The monoisotopic (exact) mass is 425 g/mol. The first-order valence-electron chi connectivity index (χ1n) is 13.2. The molecule has 0 saturated carbocycles. The highest BCUT2D eigenvalue weighted by Crippen LogP contribution is 2.49. The first kappa shape index (κ1) is 15.0. The molecule has 0 bridgehead atoms. The van der Waals surface area contributed by atoms with E-state index in [4.69, 9.17) is 10.5 Å². The van der Waals surface area contributed by atoms with Crippen LogP contribution in [0, 0.1) is 0 Å². The van der Waals surface area contributed by atoms with Crippen molar-refractivity contribution in [1.82, 2.24) is 4.98 Å². The van der Waals surface area contributed by atoms with E-state index < -0.39 is 5.41 Å². The Labute approximate surface area is 199 Å². The Kier molecular flexibility index (Phi) is 2.96. The van der Waals surface area contributed by atoms with Gasteiger partial charge in [0.2, 0.25) is 0 Å². The van der Waals surface area contributed by atoms with Gasteiger partial charge in [-0.15, -0.1) is 0 Å². The molecule has 7 rings (SSSR count). The van der Waals surface area contributed by atoms with E-state index in [0.29, 0.717) is 11.1 Å². The fraction of sp³-hybridized carbons (Fsp3) is 0.0938. The molecule has 0 amide bonds. The van der Waals surface area contributed by atoms with E-state index in [2.05, 4.69) is 60.7 Å². The summed E-state index contributed by atoms with van der Waals surface area (Å²) in [6, 6.07) is 25.1. The lowest BCUT2D eigenvalue weighted by atomic mass is 9.81. The van der Waals surface area contributed by atoms with Crippen LogP contribution in [-0.4, -0.2) is 4.98 Å². The Balaban J connectivity index is 1.47. The van der Waals surface area contributed by atoms with E-state index >= 15 is 0 Å². The standard InChI is InChI=1S/C32H23N/c1-32(2)29-10-6-5-9-26(29)27-14-12-21(19-30(27)32)31-28-16-15-23-22-8-4-3-7-20(22)11-13-24(23)25(28)17-18-33-31/h3-19H,1-2H3/i5D,6D,9D,10D. The molecule has 0 fully saturated rings. The maximum atomic E-state index is 8.60. The second kappa shape index (κ2) is 6.52. The molecule has 1 aliphatic rings. The van der Waals surface area contributed by atoms with Crippen LogP contribution < -0.4 is 0 Å². The Morgan fingerprint density at radius 1 is 0.667 bits per heavy atom. The summed E-state index contributed by atoms with van der Waals surface area (Å²) in [4.78, 5) is 4.80. The lowest BCUT2D eigenvalue weighted by molar-refractivity contribution is 0.660. The van der Waals surface area contributed by atoms with E-state index in [1.54, 1.807) is 0 Å². The molecule has 1 heteroatoms. The molecule has 1 nitrogen and oxygen atoms in total. The maximum Gasteiger partial charge on any atom is 0.0780 e. The van der Waals surface area contributed by atoms with E-state index in [9.17, 15) is 0 Å². The molecule has 0 aliphatic heterocycles. The van der Waals surface area contributed by atoms with Gasteiger partial charge in [-0.1, -0.05) is 98.7 Å². The number of rotatable bonds is 1. The average Bonchev–Trinajstić information content (AvgIpc) is 3.16. The molecule has 33 heavy (non-hydrogen) atoms. The highest BCUT2D eigenvalue weighted by molar-refractivity contribution is 6.18. The van der Waals surface area contributed by atoms with Crippen molar-refractivity contribution < 1.29 is 5.48 Å². The Hall–Kier alpha value is -3.97. The number of fused-ring (bicyclic) bond motifs is 8. The Morgan fingerprint density at radius 3 is 2.36 bits per heavy atom. The van der Waals surface area contributed by atoms with Crippen molar-refractivity contribution in [2.75, 3.05) is 0 Å². The number of aromatic nitrogens is 1. The van der Waals surface area contributed by atoms with Gasteiger partial charge < -0.3 is 0 Å². The molecule has 5 aromatic carbocycles. The van der Waals surface area contributed by atoms with Crippen molar-refractivity contribution in [1.29, 1.82) is 0 Å². The highest BCUT2D eigenvalue weighted by Gasteiger charge is 2.35. The summed E-state index contributed by atoms with van der Waals surface area (Å²) >= 11 is 0. The first-order chi connectivity index (χ1) is 17.8. The average molecular weight is 426 g/mol. The summed E-state index contributed by atoms with van der Waals surface area (Å²) in [6.07, 6.45) is 1.86. The summed E-state index contributed by atoms with van der Waals surface area (Å²) < 4.78 is 33.6. The van der Waals surface area contributed by atoms with Crippen molar-refractivity contribution in [3.63, 3.8) is 0 Å². The topological polar surface area (TPSA) is 12.9 Å². The summed E-state index contributed by atoms with van der Waals surface area (Å²) in [5, 5.41) is 7.09. The molecule has 0 N–H and O–H groups in total. The van der Waals surface area contributed by atoms with Crippen LogP contribution in [0.3, 0.4) is 0 Å². The summed E-state index contributed by atoms with van der Waals surface area (Å²) in [7, 11) is 0. The smallest absolute Gasteiger partial charge is 0.0780 e. The molecule has 1 aromatic heterocycles. The fourth-order valence-corrected chi connectivity index (χ4v) is 5.53. The van der Waals surface area contributed by atoms with Crippen molar-refractivity contribution in [2.45, 2.75) is 19.3 Å². The Morgan fingerprint density at radius 2 is 1.42 bits per heavy atom. The maximum absolute atomic E-state index is 8.60. The van der Waals surface area contributed by atoms with E-state index in [0.717, 1.165) is 33.2 Å². The second-order valence-electron chi connectivity index (χ2n) is 9.34. The highest BCUT2D eigenvalue weighted by atomic mass is 14.7. The van der Waals surface area contributed by atoms with Crippen LogP contribution in [-0.2, 0) is 5.41 Å². The summed E-state index contributed by atoms with van der Waals surface area (Å²) in [5.74, 6) is 0. The van der Waals surface area contributed by atoms with Gasteiger partial charge in [0.05, 0.1) is 11.2 Å². The zero-order chi connectivity index (χ0) is 25.6. The predicted molar refractivity (Wildman–Crippen MR) is 140 cm³/mol. The third kappa shape index (κ3) is 2.51. The van der Waals surface area contributed by atoms with Gasteiger partial charge >= 0.3 is 0 Å². The van der Waals surface area contributed by atoms with Gasteiger partial charge in [0.1, 0.15) is 0 Å². The molecule has 0 atom stereocenters. The second-order valence-corrected chi connectivity index (χ2v) is 9.34. The van der Waals surface area contributed by atoms with Crippen molar-refractivity contribution in [3.05, 3.63) is 114 Å². The Bertz CT molecular complexity index is 1960. The van der Waals surface area contributed by atoms with E-state index in [1.165, 1.54) is 21.5 Å². The number of nitrogens with zero attached hydrogens (tertiary/aromatic N) is 1. The minimum absolute atomic E-state index is 0.0255. The molecular weight excluding hydrogens is 398 g/mol. The minimum Gasteiger partial charge on any atom is -0.256 e. The minimum atomic E-state index is -0.562. The van der Waals surface area contributed by atoms with Crippen LogP contribution in [0.15, 0.2) is 103 Å². The van der Waals surface area contributed by atoms with Gasteiger partial charge in [-0.05, 0) is 61.3 Å². The number of hydrogen-bond donors (Lipinski definition) is 0. The molecule has 0 spiro atoms. The van der Waals surface area contributed by atoms with Crippen molar-refractivity contribution in [3.8, 4) is 22.4 Å². The quantitative estimate of drug-likeness (QED) is 0.241. The number of benzene rings is 5. The normalized spacial score (nSPS) is 15.7. The molecular formula is C32H23N. The van der Waals surface area contributed by atoms with Crippen molar-refractivity contribution >= 4 is 32.3 Å². The zero-order valence-electron chi connectivity index (χ0n) is 22.5. The largest absolute Gasteiger partial charge is 0.256 e. The fourth-order valence-electron chi connectivity index (χ4n) is 5.53. The molecule has 156 valence electrons. The van der Waals surface area contributed by atoms with E-state index in [1.807, 2.05) is 32.2 Å². The predicted octanol–water partition coefficient (Wildman–Crippen LogP) is 8.51. The molecule has 6 aromatic rings. The molecule has 0 saturated heterocycles. The van der Waals surface area contributed by atoms with Crippen LogP contribution in [0.4, 0.5) is 0 Å². The zero-order valence-corrected chi connectivity index (χ0v) is 18.5. The van der Waals surface area contributed by atoms with Crippen LogP contribution in [0.25, 0.3) is 54.7 Å². The lowest BCUT2D eigenvalue weighted by Gasteiger charge is -2.22. The van der Waals surface area contributed by atoms with Gasteiger partial charge in [0, 0.05) is 22.6 Å².